The fraction of sp³-hybridized carbons (Fsp3) is 0.0476. The third kappa shape index (κ3) is 4.46. The molecular weight excluding hydrogens is 426 g/mol. The Labute approximate surface area is 179 Å². The molecule has 3 rings (SSSR count). The summed E-state index contributed by atoms with van der Waals surface area (Å²) in [6, 6.07) is 11.2. The number of anilines is 2. The zero-order valence-corrected chi connectivity index (χ0v) is 16.4. The molecule has 0 fully saturated rings. The van der Waals surface area contributed by atoms with Gasteiger partial charge in [0.1, 0.15) is 17.1 Å². The summed E-state index contributed by atoms with van der Waals surface area (Å²) in [6.07, 6.45) is 0. The molecule has 0 aliphatic rings. The monoisotopic (exact) mass is 440 g/mol. The molecule has 0 atom stereocenters. The Morgan fingerprint density at radius 2 is 1.34 bits per heavy atom. The van der Waals surface area contributed by atoms with Gasteiger partial charge in [-0.3, -0.25) is 9.59 Å². The van der Waals surface area contributed by atoms with Crippen molar-refractivity contribution in [1.29, 1.82) is 0 Å². The molecule has 9 nitrogen and oxygen atoms in total. The Morgan fingerprint density at radius 3 is 1.84 bits per heavy atom. The molecule has 162 valence electrons. The number of hydrogen-bond acceptors (Lipinski definition) is 7. The summed E-state index contributed by atoms with van der Waals surface area (Å²) in [5.74, 6) is -3.59. The molecular formula is C21H14F2N4O5. The van der Waals surface area contributed by atoms with Gasteiger partial charge in [0.15, 0.2) is 11.6 Å². The van der Waals surface area contributed by atoms with E-state index in [1.54, 1.807) is 0 Å². The van der Waals surface area contributed by atoms with E-state index in [2.05, 4.69) is 21.0 Å². The van der Waals surface area contributed by atoms with Crippen LogP contribution in [0, 0.1) is 21.4 Å². The molecule has 11 heteroatoms. The molecule has 0 heterocycles. The van der Waals surface area contributed by atoms with E-state index in [-0.39, 0.29) is 28.3 Å². The lowest BCUT2D eigenvalue weighted by Gasteiger charge is -2.12. The number of hydrogen-bond donors (Lipinski definition) is 2. The summed E-state index contributed by atoms with van der Waals surface area (Å²) in [6.45, 7) is 0. The number of rotatable bonds is 7. The lowest BCUT2D eigenvalue weighted by atomic mass is 10.1. The lowest BCUT2D eigenvalue weighted by Crippen LogP contribution is -2.17. The predicted octanol–water partition coefficient (Wildman–Crippen LogP) is 5.27. The van der Waals surface area contributed by atoms with Crippen LogP contribution in [-0.4, -0.2) is 18.9 Å². The van der Waals surface area contributed by atoms with E-state index in [0.717, 1.165) is 18.2 Å². The number of nitroso groups, excluding NO2 is 2. The Bertz CT molecular complexity index is 1230. The summed E-state index contributed by atoms with van der Waals surface area (Å²) < 4.78 is 33.5. The molecule has 3 aromatic rings. The van der Waals surface area contributed by atoms with Crippen molar-refractivity contribution in [2.24, 2.45) is 10.4 Å². The number of amides is 2. The number of nitrogens with zero attached hydrogens (tertiary/aromatic N) is 2. The van der Waals surface area contributed by atoms with Gasteiger partial charge in [-0.05, 0) is 52.8 Å². The maximum Gasteiger partial charge on any atom is 0.259 e. The molecule has 0 aliphatic carbocycles. The van der Waals surface area contributed by atoms with Crippen LogP contribution in [0.3, 0.4) is 0 Å². The SMILES string of the molecule is COc1ccc(C(=O)Nc2cccc(N=O)c2F)cc1C(=O)Nc1cccc(N=O)c1F. The zero-order chi connectivity index (χ0) is 23.3. The van der Waals surface area contributed by atoms with Crippen molar-refractivity contribution in [2.45, 2.75) is 0 Å². The van der Waals surface area contributed by atoms with E-state index in [0.29, 0.717) is 0 Å². The largest absolute Gasteiger partial charge is 0.496 e. The summed E-state index contributed by atoms with van der Waals surface area (Å²) >= 11 is 0. The lowest BCUT2D eigenvalue weighted by molar-refractivity contribution is 0.102. The van der Waals surface area contributed by atoms with Crippen molar-refractivity contribution in [3.05, 3.63) is 87.2 Å². The normalized spacial score (nSPS) is 10.2. The Morgan fingerprint density at radius 1 is 0.812 bits per heavy atom. The molecule has 32 heavy (non-hydrogen) atoms. The van der Waals surface area contributed by atoms with Gasteiger partial charge in [0.25, 0.3) is 11.8 Å². The van der Waals surface area contributed by atoms with Crippen LogP contribution < -0.4 is 15.4 Å². The van der Waals surface area contributed by atoms with E-state index in [1.165, 1.54) is 43.5 Å². The minimum absolute atomic E-state index is 0.0522. The summed E-state index contributed by atoms with van der Waals surface area (Å²) in [7, 11) is 1.29. The van der Waals surface area contributed by atoms with Gasteiger partial charge < -0.3 is 15.4 Å². The number of methoxy groups -OCH3 is 1. The van der Waals surface area contributed by atoms with Crippen molar-refractivity contribution < 1.29 is 23.1 Å². The highest BCUT2D eigenvalue weighted by atomic mass is 19.1. The first-order valence-corrected chi connectivity index (χ1v) is 8.94. The van der Waals surface area contributed by atoms with Crippen LogP contribution in [-0.2, 0) is 0 Å². The Hall–Kier alpha value is -4.54. The molecule has 0 radical (unpaired) electrons. The highest BCUT2D eigenvalue weighted by Gasteiger charge is 2.19. The van der Waals surface area contributed by atoms with Gasteiger partial charge in [-0.1, -0.05) is 12.1 Å². The number of carbonyl (C=O) groups excluding carboxylic acids is 2. The van der Waals surface area contributed by atoms with Crippen LogP contribution in [0.2, 0.25) is 0 Å². The van der Waals surface area contributed by atoms with Gasteiger partial charge in [0.05, 0.1) is 24.0 Å². The number of halogens is 2. The average Bonchev–Trinajstić information content (AvgIpc) is 2.81. The van der Waals surface area contributed by atoms with Gasteiger partial charge >= 0.3 is 0 Å². The van der Waals surface area contributed by atoms with Gasteiger partial charge in [-0.15, -0.1) is 9.81 Å². The smallest absolute Gasteiger partial charge is 0.259 e. The van der Waals surface area contributed by atoms with Crippen molar-refractivity contribution in [3.63, 3.8) is 0 Å². The average molecular weight is 440 g/mol. The van der Waals surface area contributed by atoms with Crippen molar-refractivity contribution >= 4 is 34.6 Å². The molecule has 0 unspecified atom stereocenters. The topological polar surface area (TPSA) is 126 Å². The van der Waals surface area contributed by atoms with E-state index in [4.69, 9.17) is 4.74 Å². The summed E-state index contributed by atoms with van der Waals surface area (Å²) in [4.78, 5) is 46.6. The molecule has 0 saturated heterocycles. The van der Waals surface area contributed by atoms with Gasteiger partial charge in [-0.2, -0.15) is 0 Å². The number of carbonyl (C=O) groups is 2. The van der Waals surface area contributed by atoms with E-state index in [9.17, 15) is 28.2 Å². The molecule has 0 aromatic heterocycles. The van der Waals surface area contributed by atoms with Crippen LogP contribution in [0.25, 0.3) is 0 Å². The second-order valence-electron chi connectivity index (χ2n) is 6.28. The van der Waals surface area contributed by atoms with Crippen molar-refractivity contribution in [1.82, 2.24) is 0 Å². The molecule has 2 amide bonds. The number of ether oxygens (including phenoxy) is 1. The van der Waals surface area contributed by atoms with Crippen LogP contribution >= 0.6 is 0 Å². The first-order chi connectivity index (χ1) is 15.4. The predicted molar refractivity (Wildman–Crippen MR) is 113 cm³/mol. The minimum Gasteiger partial charge on any atom is -0.496 e. The maximum atomic E-state index is 14.2. The van der Waals surface area contributed by atoms with Crippen LogP contribution in [0.4, 0.5) is 31.5 Å². The van der Waals surface area contributed by atoms with Crippen LogP contribution in [0.15, 0.2) is 65.0 Å². The Kier molecular flexibility index (Phi) is 6.59. The Balaban J connectivity index is 1.90. The van der Waals surface area contributed by atoms with Crippen LogP contribution in [0.5, 0.6) is 5.75 Å². The van der Waals surface area contributed by atoms with E-state index in [1.807, 2.05) is 0 Å². The number of nitrogens with one attached hydrogen (secondary N) is 2. The fourth-order valence-electron chi connectivity index (χ4n) is 2.78. The minimum atomic E-state index is -1.03. The maximum absolute atomic E-state index is 14.2. The highest BCUT2D eigenvalue weighted by Crippen LogP contribution is 2.28. The third-order valence-corrected chi connectivity index (χ3v) is 4.36. The first-order valence-electron chi connectivity index (χ1n) is 8.94. The van der Waals surface area contributed by atoms with Gasteiger partial charge in [0.2, 0.25) is 0 Å². The van der Waals surface area contributed by atoms with E-state index < -0.39 is 34.8 Å². The van der Waals surface area contributed by atoms with Crippen molar-refractivity contribution in [2.75, 3.05) is 17.7 Å². The highest BCUT2D eigenvalue weighted by molar-refractivity contribution is 6.10. The molecule has 0 spiro atoms. The second kappa shape index (κ2) is 9.51. The number of benzene rings is 3. The standard InChI is InChI=1S/C21H14F2N4O5/c1-32-17-9-8-11(20(28)24-13-4-2-6-15(26-30)18(13)22)10-12(17)21(29)25-14-5-3-7-16(27-31)19(14)23/h2-10H,1H3,(H,24,28)(H,25,29). The first kappa shape index (κ1) is 22.2. The molecule has 0 saturated carbocycles. The van der Waals surface area contributed by atoms with Crippen LogP contribution in [0.1, 0.15) is 20.7 Å². The zero-order valence-electron chi connectivity index (χ0n) is 16.4. The molecule has 0 bridgehead atoms. The fourth-order valence-corrected chi connectivity index (χ4v) is 2.78. The molecule has 2 N–H and O–H groups in total. The second-order valence-corrected chi connectivity index (χ2v) is 6.28. The van der Waals surface area contributed by atoms with Gasteiger partial charge in [0, 0.05) is 5.56 Å². The quantitative estimate of drug-likeness (QED) is 0.484. The molecule has 0 aliphatic heterocycles. The summed E-state index contributed by atoms with van der Waals surface area (Å²) in [5.41, 5.74) is -1.74. The summed E-state index contributed by atoms with van der Waals surface area (Å²) in [5, 5.41) is 9.63. The van der Waals surface area contributed by atoms with Crippen molar-refractivity contribution in [3.8, 4) is 5.75 Å². The van der Waals surface area contributed by atoms with E-state index >= 15 is 0 Å². The van der Waals surface area contributed by atoms with Gasteiger partial charge in [-0.25, -0.2) is 8.78 Å². The molecule has 3 aromatic carbocycles. The third-order valence-electron chi connectivity index (χ3n) is 4.36.